The zero-order chi connectivity index (χ0) is 11.7. The second kappa shape index (κ2) is 4.41. The van der Waals surface area contributed by atoms with Crippen LogP contribution < -0.4 is 10.6 Å². The molecule has 1 saturated heterocycles. The summed E-state index contributed by atoms with van der Waals surface area (Å²) >= 11 is 0. The van der Waals surface area contributed by atoms with Crippen LogP contribution in [0.4, 0.5) is 0 Å². The summed E-state index contributed by atoms with van der Waals surface area (Å²) in [5, 5.41) is 17.7. The Labute approximate surface area is 102 Å². The average Bonchev–Trinajstić information content (AvgIpc) is 2.67. The molecule has 92 valence electrons. The van der Waals surface area contributed by atoms with Gasteiger partial charge in [-0.1, -0.05) is 24.3 Å². The van der Waals surface area contributed by atoms with Crippen LogP contribution in [0.15, 0.2) is 24.3 Å². The Kier molecular flexibility index (Phi) is 2.90. The Hall–Kier alpha value is -0.900. The van der Waals surface area contributed by atoms with Gasteiger partial charge in [0.1, 0.15) is 0 Å². The Morgan fingerprint density at radius 3 is 3.00 bits per heavy atom. The predicted octanol–water partition coefficient (Wildman–Crippen LogP) is 1.34. The summed E-state index contributed by atoms with van der Waals surface area (Å²) in [7, 11) is 0. The maximum Gasteiger partial charge on any atom is 0.0854 e. The fraction of sp³-hybridized carbons (Fsp3) is 0.571. The van der Waals surface area contributed by atoms with E-state index < -0.39 is 5.60 Å². The second-order valence-corrected chi connectivity index (χ2v) is 5.22. The summed E-state index contributed by atoms with van der Waals surface area (Å²) in [6.45, 7) is 2.82. The Balaban J connectivity index is 1.89. The molecule has 2 heterocycles. The van der Waals surface area contributed by atoms with E-state index in [1.54, 1.807) is 0 Å². The zero-order valence-electron chi connectivity index (χ0n) is 10.1. The lowest BCUT2D eigenvalue weighted by molar-refractivity contribution is -0.00749. The van der Waals surface area contributed by atoms with Crippen molar-refractivity contribution in [2.24, 2.45) is 0 Å². The van der Waals surface area contributed by atoms with Crippen LogP contribution in [-0.4, -0.2) is 23.8 Å². The average molecular weight is 232 g/mol. The SMILES string of the molecule is OC1(C2NCc3ccccc32)CCCNCC1. The van der Waals surface area contributed by atoms with Gasteiger partial charge in [0.15, 0.2) is 0 Å². The van der Waals surface area contributed by atoms with Gasteiger partial charge in [0, 0.05) is 6.54 Å². The normalized spacial score (nSPS) is 33.1. The third-order valence-electron chi connectivity index (χ3n) is 4.10. The maximum atomic E-state index is 10.9. The Morgan fingerprint density at radius 2 is 2.06 bits per heavy atom. The van der Waals surface area contributed by atoms with Crippen molar-refractivity contribution in [3.63, 3.8) is 0 Å². The van der Waals surface area contributed by atoms with Crippen molar-refractivity contribution < 1.29 is 5.11 Å². The molecule has 0 bridgehead atoms. The first-order valence-corrected chi connectivity index (χ1v) is 6.54. The van der Waals surface area contributed by atoms with E-state index in [1.165, 1.54) is 11.1 Å². The number of hydrogen-bond donors (Lipinski definition) is 3. The molecule has 0 amide bonds. The Morgan fingerprint density at radius 1 is 1.18 bits per heavy atom. The smallest absolute Gasteiger partial charge is 0.0854 e. The summed E-state index contributed by atoms with van der Waals surface area (Å²) in [5.74, 6) is 0. The molecule has 3 rings (SSSR count). The van der Waals surface area contributed by atoms with Crippen molar-refractivity contribution in [3.8, 4) is 0 Å². The summed E-state index contributed by atoms with van der Waals surface area (Å²) in [6.07, 6.45) is 2.77. The highest BCUT2D eigenvalue weighted by atomic mass is 16.3. The van der Waals surface area contributed by atoms with Crippen molar-refractivity contribution >= 4 is 0 Å². The van der Waals surface area contributed by atoms with E-state index in [1.807, 2.05) is 0 Å². The molecule has 3 N–H and O–H groups in total. The molecule has 2 aliphatic rings. The monoisotopic (exact) mass is 232 g/mol. The molecule has 1 fully saturated rings. The van der Waals surface area contributed by atoms with Crippen molar-refractivity contribution in [2.75, 3.05) is 13.1 Å². The molecule has 1 aromatic rings. The van der Waals surface area contributed by atoms with Gasteiger partial charge in [-0.05, 0) is 43.5 Å². The number of hydrogen-bond acceptors (Lipinski definition) is 3. The molecule has 0 aliphatic carbocycles. The molecule has 3 heteroatoms. The first-order valence-electron chi connectivity index (χ1n) is 6.54. The number of benzene rings is 1. The molecule has 2 aliphatic heterocycles. The fourth-order valence-electron chi connectivity index (χ4n) is 3.14. The number of aliphatic hydroxyl groups is 1. The van der Waals surface area contributed by atoms with Crippen LogP contribution in [0.3, 0.4) is 0 Å². The summed E-state index contributed by atoms with van der Waals surface area (Å²) in [4.78, 5) is 0. The molecule has 3 nitrogen and oxygen atoms in total. The van der Waals surface area contributed by atoms with E-state index >= 15 is 0 Å². The number of nitrogens with one attached hydrogen (secondary N) is 2. The van der Waals surface area contributed by atoms with Gasteiger partial charge < -0.3 is 15.7 Å². The standard InChI is InChI=1S/C14H20N2O/c17-14(6-3-8-15-9-7-14)13-12-5-2-1-4-11(12)10-16-13/h1-2,4-5,13,15-17H,3,6-10H2. The third kappa shape index (κ3) is 1.99. The molecule has 0 spiro atoms. The molecule has 0 aromatic heterocycles. The van der Waals surface area contributed by atoms with Gasteiger partial charge in [0.2, 0.25) is 0 Å². The van der Waals surface area contributed by atoms with Gasteiger partial charge in [0.05, 0.1) is 11.6 Å². The summed E-state index contributed by atoms with van der Waals surface area (Å²) < 4.78 is 0. The van der Waals surface area contributed by atoms with Crippen LogP contribution in [0.5, 0.6) is 0 Å². The number of fused-ring (bicyclic) bond motifs is 1. The van der Waals surface area contributed by atoms with Gasteiger partial charge in [-0.15, -0.1) is 0 Å². The predicted molar refractivity (Wildman–Crippen MR) is 67.7 cm³/mol. The quantitative estimate of drug-likeness (QED) is 0.684. The van der Waals surface area contributed by atoms with E-state index in [0.717, 1.165) is 38.9 Å². The minimum absolute atomic E-state index is 0.110. The molecule has 17 heavy (non-hydrogen) atoms. The van der Waals surface area contributed by atoms with Crippen molar-refractivity contribution in [2.45, 2.75) is 37.5 Å². The molecule has 2 unspecified atom stereocenters. The molecule has 0 radical (unpaired) electrons. The van der Waals surface area contributed by atoms with E-state index in [-0.39, 0.29) is 6.04 Å². The van der Waals surface area contributed by atoms with E-state index in [2.05, 4.69) is 34.9 Å². The van der Waals surface area contributed by atoms with Crippen LogP contribution in [0, 0.1) is 0 Å². The molecule has 2 atom stereocenters. The lowest BCUT2D eigenvalue weighted by atomic mass is 9.83. The first-order chi connectivity index (χ1) is 8.30. The zero-order valence-corrected chi connectivity index (χ0v) is 10.1. The largest absolute Gasteiger partial charge is 0.388 e. The van der Waals surface area contributed by atoms with E-state index in [0.29, 0.717) is 0 Å². The topological polar surface area (TPSA) is 44.3 Å². The fourth-order valence-corrected chi connectivity index (χ4v) is 3.14. The number of rotatable bonds is 1. The van der Waals surface area contributed by atoms with Gasteiger partial charge in [0.25, 0.3) is 0 Å². The maximum absolute atomic E-state index is 10.9. The summed E-state index contributed by atoms with van der Waals surface area (Å²) in [5.41, 5.74) is 2.04. The second-order valence-electron chi connectivity index (χ2n) is 5.22. The van der Waals surface area contributed by atoms with Gasteiger partial charge >= 0.3 is 0 Å². The highest BCUT2D eigenvalue weighted by Gasteiger charge is 2.40. The van der Waals surface area contributed by atoms with Crippen LogP contribution in [0.2, 0.25) is 0 Å². The molecular weight excluding hydrogens is 212 g/mol. The van der Waals surface area contributed by atoms with E-state index in [4.69, 9.17) is 0 Å². The van der Waals surface area contributed by atoms with Crippen molar-refractivity contribution in [1.29, 1.82) is 0 Å². The van der Waals surface area contributed by atoms with Crippen molar-refractivity contribution in [3.05, 3.63) is 35.4 Å². The third-order valence-corrected chi connectivity index (χ3v) is 4.10. The van der Waals surface area contributed by atoms with Crippen LogP contribution in [0.25, 0.3) is 0 Å². The molecular formula is C14H20N2O. The highest BCUT2D eigenvalue weighted by molar-refractivity contribution is 5.35. The molecule has 0 saturated carbocycles. The minimum atomic E-state index is -0.587. The van der Waals surface area contributed by atoms with E-state index in [9.17, 15) is 5.11 Å². The minimum Gasteiger partial charge on any atom is -0.388 e. The van der Waals surface area contributed by atoms with Crippen LogP contribution in [0.1, 0.15) is 36.4 Å². The van der Waals surface area contributed by atoms with Crippen LogP contribution >= 0.6 is 0 Å². The molecule has 1 aromatic carbocycles. The van der Waals surface area contributed by atoms with Gasteiger partial charge in [-0.2, -0.15) is 0 Å². The highest BCUT2D eigenvalue weighted by Crippen LogP contribution is 2.38. The van der Waals surface area contributed by atoms with Crippen molar-refractivity contribution in [1.82, 2.24) is 10.6 Å². The first kappa shape index (κ1) is 11.2. The lowest BCUT2D eigenvalue weighted by Gasteiger charge is -2.33. The van der Waals surface area contributed by atoms with Gasteiger partial charge in [-0.25, -0.2) is 0 Å². The lowest BCUT2D eigenvalue weighted by Crippen LogP contribution is -2.41. The Bertz CT molecular complexity index is 397. The van der Waals surface area contributed by atoms with Gasteiger partial charge in [-0.3, -0.25) is 0 Å². The summed E-state index contributed by atoms with van der Waals surface area (Å²) in [6, 6.07) is 8.55. The van der Waals surface area contributed by atoms with Crippen LogP contribution in [-0.2, 0) is 6.54 Å².